The molecule has 0 saturated heterocycles. The zero-order chi connectivity index (χ0) is 69.5. The van der Waals surface area contributed by atoms with E-state index in [4.69, 9.17) is 0 Å². The van der Waals surface area contributed by atoms with Gasteiger partial charge in [-0.3, -0.25) is 0 Å². The molecule has 5 nitrogen and oxygen atoms in total. The zero-order valence-electron chi connectivity index (χ0n) is 57.7. The SMILES string of the molecule is Cc1ccccc1N1c2cc3c(cc2B2c4ccccc4N(c4ccccc4)c4cc(N(c5ccc(-c6ccccc6)cc5)c5ccc(-c6ccccc6)cc5)cc1c42)B1c2ccccc2N(c2ccccc2)c2cc(N(c4ccc(-c5ccccc5)cc4)c4ccc(-c5ccccc5)cc4)cc(c21)S3. The highest BCUT2D eigenvalue weighted by Crippen LogP contribution is 2.52. The summed E-state index contributed by atoms with van der Waals surface area (Å²) in [7, 11) is 0. The molecule has 16 aromatic carbocycles. The van der Waals surface area contributed by atoms with Crippen LogP contribution in [0.2, 0.25) is 0 Å². The van der Waals surface area contributed by atoms with Crippen molar-refractivity contribution in [2.24, 2.45) is 0 Å². The van der Waals surface area contributed by atoms with Crippen molar-refractivity contribution in [1.82, 2.24) is 0 Å². The van der Waals surface area contributed by atoms with Gasteiger partial charge in [0.1, 0.15) is 0 Å². The lowest BCUT2D eigenvalue weighted by Crippen LogP contribution is -2.64. The van der Waals surface area contributed by atoms with Crippen LogP contribution in [0.25, 0.3) is 44.5 Å². The largest absolute Gasteiger partial charge is 0.311 e. The number of hydrogen-bond acceptors (Lipinski definition) is 6. The second-order valence-corrected chi connectivity index (χ2v) is 28.7. The normalized spacial score (nSPS) is 12.7. The lowest BCUT2D eigenvalue weighted by Gasteiger charge is -2.46. The molecular weight excluding hydrogens is 1290 g/mol. The molecule has 4 aliphatic rings. The minimum atomic E-state index is -0.160. The van der Waals surface area contributed by atoms with Crippen molar-refractivity contribution < 1.29 is 0 Å². The van der Waals surface area contributed by atoms with Crippen molar-refractivity contribution in [2.45, 2.75) is 16.7 Å². The number of aryl methyl sites for hydroxylation is 1. The summed E-state index contributed by atoms with van der Waals surface area (Å²) in [5.41, 5.74) is 34.9. The first-order chi connectivity index (χ1) is 52.0. The Bertz CT molecular complexity index is 5790. The van der Waals surface area contributed by atoms with Crippen LogP contribution in [0.3, 0.4) is 0 Å². The summed E-state index contributed by atoms with van der Waals surface area (Å²) in [6.07, 6.45) is 0. The van der Waals surface area contributed by atoms with Gasteiger partial charge in [-0.25, -0.2) is 0 Å². The fourth-order valence-electron chi connectivity index (χ4n) is 16.8. The maximum Gasteiger partial charge on any atom is 0.252 e. The van der Waals surface area contributed by atoms with Crippen LogP contribution in [0.5, 0.6) is 0 Å². The van der Waals surface area contributed by atoms with Gasteiger partial charge in [0.2, 0.25) is 6.71 Å². The quantitative estimate of drug-likeness (QED) is 0.106. The molecule has 0 atom stereocenters. The van der Waals surface area contributed by atoms with E-state index in [0.29, 0.717) is 0 Å². The smallest absolute Gasteiger partial charge is 0.252 e. The number of anilines is 15. The Kier molecular flexibility index (Phi) is 15.2. The van der Waals surface area contributed by atoms with Crippen LogP contribution in [0, 0.1) is 6.92 Å². The van der Waals surface area contributed by atoms with Crippen molar-refractivity contribution in [3.63, 3.8) is 0 Å². The standard InChI is InChI=1S/C97H67B2N5S/c1-66-26-20-23-41-87(66)104-90-65-94-86(99-84-40-22-25-43-89(84)103(76-37-18-7-19-38-76)93-62-82(63-95(105-94)97(93)99)101(79-56-48-73(49-57-79)69-31-12-4-13-32-69)80-58-50-74(51-59-80)70-33-14-5-15-34-70)64-85(90)98-83-39-21-24-42-88(83)102(75-35-16-6-17-36-75)91-60-81(61-92(104)96(91)98)100(77-52-44-71(45-53-77)67-27-8-2-9-28-67)78-54-46-72(47-55-78)68-29-10-3-11-30-68/h2-65H,1H3. The Morgan fingerprint density at radius 3 is 0.952 bits per heavy atom. The van der Waals surface area contributed by atoms with Crippen molar-refractivity contribution >= 4 is 143 Å². The van der Waals surface area contributed by atoms with Crippen molar-refractivity contribution in [1.29, 1.82) is 0 Å². The molecule has 492 valence electrons. The second kappa shape index (κ2) is 25.8. The van der Waals surface area contributed by atoms with Crippen LogP contribution in [-0.2, 0) is 0 Å². The van der Waals surface area contributed by atoms with Gasteiger partial charge in [-0.15, -0.1) is 0 Å². The van der Waals surface area contributed by atoms with E-state index in [0.717, 1.165) is 85.1 Å². The number of para-hydroxylation sites is 5. The molecule has 0 fully saturated rings. The van der Waals surface area contributed by atoms with Gasteiger partial charge >= 0.3 is 0 Å². The molecular formula is C97H67B2N5S. The van der Waals surface area contributed by atoms with Gasteiger partial charge in [-0.1, -0.05) is 284 Å². The summed E-state index contributed by atoms with van der Waals surface area (Å²) in [4.78, 5) is 15.1. The lowest BCUT2D eigenvalue weighted by atomic mass is 9.31. The molecule has 0 saturated carbocycles. The minimum Gasteiger partial charge on any atom is -0.311 e. The van der Waals surface area contributed by atoms with Gasteiger partial charge in [0.05, 0.1) is 5.69 Å². The minimum absolute atomic E-state index is 0.115. The third kappa shape index (κ3) is 10.7. The molecule has 105 heavy (non-hydrogen) atoms. The summed E-state index contributed by atoms with van der Waals surface area (Å²) in [5.74, 6) is 0. The Hall–Kier alpha value is -13.0. The van der Waals surface area contributed by atoms with E-state index in [1.165, 1.54) is 92.9 Å². The first kappa shape index (κ1) is 61.8. The monoisotopic (exact) mass is 1360 g/mol. The number of nitrogens with zero attached hydrogens (tertiary/aromatic N) is 5. The van der Waals surface area contributed by atoms with Crippen LogP contribution in [0.15, 0.2) is 398 Å². The topological polar surface area (TPSA) is 16.2 Å². The Balaban J connectivity index is 0.825. The van der Waals surface area contributed by atoms with Crippen molar-refractivity contribution in [3.8, 4) is 44.5 Å². The average Bonchev–Trinajstić information content (AvgIpc) is 0.690. The first-order valence-corrected chi connectivity index (χ1v) is 37.0. The number of benzene rings is 16. The van der Waals surface area contributed by atoms with E-state index < -0.39 is 0 Å². The van der Waals surface area contributed by atoms with E-state index >= 15 is 0 Å². The van der Waals surface area contributed by atoms with Gasteiger partial charge in [-0.2, -0.15) is 0 Å². The predicted molar refractivity (Wildman–Crippen MR) is 446 cm³/mol. The molecule has 16 aromatic rings. The van der Waals surface area contributed by atoms with Gasteiger partial charge in [-0.05, 0) is 206 Å². The van der Waals surface area contributed by atoms with Crippen molar-refractivity contribution in [3.05, 3.63) is 394 Å². The summed E-state index contributed by atoms with van der Waals surface area (Å²) in [6.45, 7) is 2.00. The third-order valence-corrected chi connectivity index (χ3v) is 22.7. The molecule has 0 spiro atoms. The molecule has 8 heteroatoms. The Morgan fingerprint density at radius 2 is 0.543 bits per heavy atom. The highest BCUT2D eigenvalue weighted by molar-refractivity contribution is 8.00. The molecule has 0 aliphatic carbocycles. The maximum atomic E-state index is 2.65. The van der Waals surface area contributed by atoms with Gasteiger partial charge in [0.25, 0.3) is 6.71 Å². The number of rotatable bonds is 13. The summed E-state index contributed by atoms with van der Waals surface area (Å²) < 4.78 is 0. The maximum absolute atomic E-state index is 2.65. The Labute approximate surface area is 618 Å². The fraction of sp³-hybridized carbons (Fsp3) is 0.0103. The highest BCUT2D eigenvalue weighted by Gasteiger charge is 2.48. The van der Waals surface area contributed by atoms with Crippen LogP contribution in [0.4, 0.5) is 85.3 Å². The third-order valence-electron chi connectivity index (χ3n) is 21.6. The molecule has 0 N–H and O–H groups in total. The highest BCUT2D eigenvalue weighted by atomic mass is 32.2. The fourth-order valence-corrected chi connectivity index (χ4v) is 18.0. The van der Waals surface area contributed by atoms with E-state index in [1.807, 2.05) is 11.8 Å². The summed E-state index contributed by atoms with van der Waals surface area (Å²) in [5, 5.41) is 0. The number of fused-ring (bicyclic) bond motifs is 8. The van der Waals surface area contributed by atoms with E-state index in [1.54, 1.807) is 0 Å². The molecule has 0 radical (unpaired) electrons. The molecule has 0 amide bonds. The molecule has 20 rings (SSSR count). The summed E-state index contributed by atoms with van der Waals surface area (Å²) in [6, 6.07) is 144. The number of hydrogen-bond donors (Lipinski definition) is 0. The molecule has 0 aromatic heterocycles. The van der Waals surface area contributed by atoms with Crippen LogP contribution in [-0.4, -0.2) is 13.4 Å². The first-order valence-electron chi connectivity index (χ1n) is 36.2. The summed E-state index contributed by atoms with van der Waals surface area (Å²) >= 11 is 1.91. The molecule has 0 bridgehead atoms. The van der Waals surface area contributed by atoms with E-state index in [9.17, 15) is 0 Å². The second-order valence-electron chi connectivity index (χ2n) is 27.6. The average molecular weight is 1360 g/mol. The zero-order valence-corrected chi connectivity index (χ0v) is 58.6. The van der Waals surface area contributed by atoms with Gasteiger partial charge < -0.3 is 24.5 Å². The van der Waals surface area contributed by atoms with Crippen LogP contribution < -0.4 is 57.3 Å². The predicted octanol–water partition coefficient (Wildman–Crippen LogP) is 22.4. The van der Waals surface area contributed by atoms with Crippen LogP contribution in [0.1, 0.15) is 5.56 Å². The molecule has 4 aliphatic heterocycles. The Morgan fingerprint density at radius 1 is 0.219 bits per heavy atom. The van der Waals surface area contributed by atoms with Gasteiger partial charge in [0.15, 0.2) is 0 Å². The van der Waals surface area contributed by atoms with E-state index in [2.05, 4.69) is 420 Å². The van der Waals surface area contributed by atoms with Gasteiger partial charge in [0, 0.05) is 89.4 Å². The van der Waals surface area contributed by atoms with E-state index in [-0.39, 0.29) is 13.4 Å². The van der Waals surface area contributed by atoms with Crippen molar-refractivity contribution in [2.75, 3.05) is 24.5 Å². The molecule has 0 unspecified atom stereocenters. The molecule has 4 heterocycles. The van der Waals surface area contributed by atoms with Crippen LogP contribution >= 0.6 is 11.8 Å². The lowest BCUT2D eigenvalue weighted by molar-refractivity contribution is 1.21.